The van der Waals surface area contributed by atoms with Crippen molar-refractivity contribution in [3.63, 3.8) is 0 Å². The monoisotopic (exact) mass is 582 g/mol. The molecule has 7 aromatic carbocycles. The molecule has 4 heteroatoms. The molecule has 1 aliphatic rings. The number of para-hydroxylation sites is 5. The Labute approximate surface area is 261 Å². The van der Waals surface area contributed by atoms with Gasteiger partial charge in [-0.25, -0.2) is 9.97 Å². The highest BCUT2D eigenvalue weighted by atomic mass is 15.0. The highest BCUT2D eigenvalue weighted by Crippen LogP contribution is 2.50. The van der Waals surface area contributed by atoms with Gasteiger partial charge in [-0.3, -0.25) is 0 Å². The molecule has 4 nitrogen and oxygen atoms in total. The van der Waals surface area contributed by atoms with E-state index in [1.807, 2.05) is 12.1 Å². The zero-order valence-corrected chi connectivity index (χ0v) is 24.5. The summed E-state index contributed by atoms with van der Waals surface area (Å²) < 4.78 is 4.97. The zero-order valence-electron chi connectivity index (χ0n) is 24.5. The summed E-state index contributed by atoms with van der Waals surface area (Å²) in [5, 5.41) is 10.2. The largest absolute Gasteiger partial charge is 0.309 e. The molecule has 0 saturated carbocycles. The molecule has 46 heavy (non-hydrogen) atoms. The third-order valence-corrected chi connectivity index (χ3v) is 10.3. The average Bonchev–Trinajstić information content (AvgIpc) is 3.82. The number of fused-ring (bicyclic) bond motifs is 14. The molecule has 4 aromatic heterocycles. The molecule has 12 rings (SSSR count). The lowest BCUT2D eigenvalue weighted by Crippen LogP contribution is -1.96. The standard InChI is InChI=1S/C42H22N4/c1-6-17-32-23(10-1)29-22-36-38(39-26-12-3-8-19-34(26)46(32)42(29)39)25-11-2-7-18-33(25)45(36)35-21-20-28-37-24(35)13-9-14-27(37)40-41(28)44-31-16-5-4-15-30(31)43-40/h1-22H. The van der Waals surface area contributed by atoms with Gasteiger partial charge >= 0.3 is 0 Å². The first kappa shape index (κ1) is 23.2. The predicted octanol–water partition coefficient (Wildman–Crippen LogP) is 10.7. The van der Waals surface area contributed by atoms with Crippen LogP contribution in [0.1, 0.15) is 0 Å². The average molecular weight is 583 g/mol. The number of hydrogen-bond acceptors (Lipinski definition) is 2. The Morgan fingerprint density at radius 2 is 0.978 bits per heavy atom. The molecule has 0 radical (unpaired) electrons. The fourth-order valence-electron chi connectivity index (χ4n) is 8.58. The van der Waals surface area contributed by atoms with Crippen LogP contribution in [0.15, 0.2) is 133 Å². The number of rotatable bonds is 1. The van der Waals surface area contributed by atoms with E-state index >= 15 is 0 Å². The lowest BCUT2D eigenvalue weighted by molar-refractivity contribution is 1.20. The second-order valence-corrected chi connectivity index (χ2v) is 12.5. The van der Waals surface area contributed by atoms with Gasteiger partial charge < -0.3 is 8.97 Å². The Morgan fingerprint density at radius 3 is 1.74 bits per heavy atom. The maximum absolute atomic E-state index is 5.12. The van der Waals surface area contributed by atoms with E-state index in [-0.39, 0.29) is 0 Å². The number of hydrogen-bond donors (Lipinski definition) is 0. The topological polar surface area (TPSA) is 35.1 Å². The van der Waals surface area contributed by atoms with Crippen LogP contribution < -0.4 is 0 Å². The number of nitrogens with zero attached hydrogens (tertiary/aromatic N) is 4. The predicted molar refractivity (Wildman–Crippen MR) is 190 cm³/mol. The quantitative estimate of drug-likeness (QED) is 0.193. The third-order valence-electron chi connectivity index (χ3n) is 10.3. The Bertz CT molecular complexity index is 3090. The summed E-state index contributed by atoms with van der Waals surface area (Å²) in [6.45, 7) is 0. The van der Waals surface area contributed by atoms with Crippen LogP contribution in [0.25, 0.3) is 110 Å². The summed E-state index contributed by atoms with van der Waals surface area (Å²) in [5.41, 5.74) is 13.5. The molecule has 0 amide bonds. The molecular weight excluding hydrogens is 560 g/mol. The minimum Gasteiger partial charge on any atom is -0.309 e. The van der Waals surface area contributed by atoms with Crippen molar-refractivity contribution < 1.29 is 0 Å². The van der Waals surface area contributed by atoms with Crippen molar-refractivity contribution in [2.45, 2.75) is 0 Å². The Morgan fingerprint density at radius 1 is 0.391 bits per heavy atom. The SMILES string of the molecule is c1ccc2nc3c(nc2c1)-c1cccc2c(-n4c5ccccc5c5c6c7ccccc7n7c8ccccc8c(cc54)c67)ccc-3c12. The van der Waals surface area contributed by atoms with Gasteiger partial charge in [0.05, 0.1) is 55.7 Å². The van der Waals surface area contributed by atoms with Crippen LogP contribution in [0, 0.1) is 0 Å². The normalized spacial score (nSPS) is 12.8. The first-order valence-corrected chi connectivity index (χ1v) is 15.8. The summed E-state index contributed by atoms with van der Waals surface area (Å²) in [7, 11) is 0. The van der Waals surface area contributed by atoms with Gasteiger partial charge in [-0.1, -0.05) is 84.9 Å². The molecule has 11 aromatic rings. The van der Waals surface area contributed by atoms with Crippen molar-refractivity contribution in [1.29, 1.82) is 0 Å². The molecule has 0 atom stereocenters. The minimum absolute atomic E-state index is 0.926. The summed E-state index contributed by atoms with van der Waals surface area (Å²) in [6.07, 6.45) is 0. The molecule has 0 saturated heterocycles. The van der Waals surface area contributed by atoms with Gasteiger partial charge in [0, 0.05) is 54.2 Å². The fraction of sp³-hybridized carbons (Fsp3) is 0. The second kappa shape index (κ2) is 7.87. The molecule has 0 unspecified atom stereocenters. The fourth-order valence-corrected chi connectivity index (χ4v) is 8.58. The molecule has 0 spiro atoms. The molecular formula is C42H22N4. The van der Waals surface area contributed by atoms with Crippen LogP contribution >= 0.6 is 0 Å². The van der Waals surface area contributed by atoms with Crippen molar-refractivity contribution in [2.75, 3.05) is 0 Å². The molecule has 0 N–H and O–H groups in total. The van der Waals surface area contributed by atoms with E-state index in [0.717, 1.165) is 33.5 Å². The van der Waals surface area contributed by atoms with Crippen molar-refractivity contribution in [1.82, 2.24) is 18.9 Å². The highest BCUT2D eigenvalue weighted by Gasteiger charge is 2.28. The summed E-state index contributed by atoms with van der Waals surface area (Å²) in [5.74, 6) is 0. The van der Waals surface area contributed by atoms with Gasteiger partial charge in [-0.2, -0.15) is 0 Å². The van der Waals surface area contributed by atoms with Crippen LogP contribution in [-0.2, 0) is 0 Å². The number of aromatic nitrogens is 4. The Kier molecular flexibility index (Phi) is 3.96. The lowest BCUT2D eigenvalue weighted by atomic mass is 10.0. The van der Waals surface area contributed by atoms with Crippen molar-refractivity contribution in [3.05, 3.63) is 133 Å². The van der Waals surface area contributed by atoms with Crippen LogP contribution in [0.3, 0.4) is 0 Å². The van der Waals surface area contributed by atoms with Crippen LogP contribution in [0.4, 0.5) is 0 Å². The van der Waals surface area contributed by atoms with E-state index in [2.05, 4.69) is 130 Å². The van der Waals surface area contributed by atoms with E-state index < -0.39 is 0 Å². The van der Waals surface area contributed by atoms with E-state index in [9.17, 15) is 0 Å². The van der Waals surface area contributed by atoms with Gasteiger partial charge in [-0.05, 0) is 48.5 Å². The number of benzene rings is 7. The van der Waals surface area contributed by atoms with E-state index in [0.29, 0.717) is 0 Å². The third kappa shape index (κ3) is 2.57. The molecule has 210 valence electrons. The van der Waals surface area contributed by atoms with Crippen molar-refractivity contribution >= 4 is 81.7 Å². The first-order valence-electron chi connectivity index (χ1n) is 15.8. The van der Waals surface area contributed by atoms with Gasteiger partial charge in [0.2, 0.25) is 0 Å². The van der Waals surface area contributed by atoms with Crippen LogP contribution in [-0.4, -0.2) is 18.9 Å². The van der Waals surface area contributed by atoms with Gasteiger partial charge in [-0.15, -0.1) is 0 Å². The minimum atomic E-state index is 0.926. The summed E-state index contributed by atoms with van der Waals surface area (Å²) >= 11 is 0. The zero-order chi connectivity index (χ0) is 29.7. The van der Waals surface area contributed by atoms with Crippen molar-refractivity contribution in [3.8, 4) is 28.2 Å². The van der Waals surface area contributed by atoms with Crippen molar-refractivity contribution in [2.24, 2.45) is 0 Å². The Hall–Kier alpha value is -6.26. The van der Waals surface area contributed by atoms with E-state index in [4.69, 9.17) is 9.97 Å². The molecule has 0 bridgehead atoms. The first-order chi connectivity index (χ1) is 22.8. The van der Waals surface area contributed by atoms with Crippen LogP contribution in [0.2, 0.25) is 0 Å². The molecule has 1 aliphatic carbocycles. The maximum Gasteiger partial charge on any atom is 0.0979 e. The van der Waals surface area contributed by atoms with Gasteiger partial charge in [0.1, 0.15) is 0 Å². The summed E-state index contributed by atoms with van der Waals surface area (Å²) in [4.78, 5) is 10.2. The van der Waals surface area contributed by atoms with Gasteiger partial charge in [0.15, 0.2) is 0 Å². The summed E-state index contributed by atoms with van der Waals surface area (Å²) in [6, 6.07) is 48.4. The highest BCUT2D eigenvalue weighted by molar-refractivity contribution is 6.36. The molecule has 0 fully saturated rings. The molecule has 0 aliphatic heterocycles. The van der Waals surface area contributed by atoms with Gasteiger partial charge in [0.25, 0.3) is 0 Å². The Balaban J connectivity index is 1.28. The van der Waals surface area contributed by atoms with E-state index in [1.54, 1.807) is 0 Å². The smallest absolute Gasteiger partial charge is 0.0979 e. The maximum atomic E-state index is 5.12. The van der Waals surface area contributed by atoms with E-state index in [1.165, 1.54) is 76.4 Å². The lowest BCUT2D eigenvalue weighted by Gasteiger charge is -2.13. The second-order valence-electron chi connectivity index (χ2n) is 12.5. The molecule has 4 heterocycles. The van der Waals surface area contributed by atoms with Crippen LogP contribution in [0.5, 0.6) is 0 Å².